The topological polar surface area (TPSA) is 41.6 Å². The number of fused-ring (bicyclic) bond motifs is 2. The fraction of sp³-hybridized carbons (Fsp3) is 0.562. The molecule has 21 heavy (non-hydrogen) atoms. The molecule has 2 atom stereocenters. The SMILES string of the molecule is Cc1cccc(Br)c1NC(=O)OC1CC2CCC(C1)N2C. The van der Waals surface area contributed by atoms with E-state index in [4.69, 9.17) is 4.74 Å². The molecule has 2 saturated heterocycles. The lowest BCUT2D eigenvalue weighted by Crippen LogP contribution is -2.43. The van der Waals surface area contributed by atoms with Gasteiger partial charge in [-0.05, 0) is 54.4 Å². The Balaban J connectivity index is 1.60. The molecule has 0 aliphatic carbocycles. The molecule has 1 N–H and O–H groups in total. The highest BCUT2D eigenvalue weighted by atomic mass is 79.9. The number of carbonyl (C=O) groups excluding carboxylic acids is 1. The van der Waals surface area contributed by atoms with Crippen molar-refractivity contribution in [2.45, 2.75) is 50.8 Å². The van der Waals surface area contributed by atoms with Gasteiger partial charge in [-0.25, -0.2) is 4.79 Å². The van der Waals surface area contributed by atoms with Crippen LogP contribution < -0.4 is 5.32 Å². The molecule has 1 aromatic carbocycles. The lowest BCUT2D eigenvalue weighted by molar-refractivity contribution is 0.0348. The van der Waals surface area contributed by atoms with Crippen LogP contribution in [0.4, 0.5) is 10.5 Å². The van der Waals surface area contributed by atoms with Crippen molar-refractivity contribution in [3.63, 3.8) is 0 Å². The lowest BCUT2D eigenvalue weighted by atomic mass is 10.0. The summed E-state index contributed by atoms with van der Waals surface area (Å²) in [5, 5.41) is 2.87. The molecule has 2 bridgehead atoms. The van der Waals surface area contributed by atoms with Crippen LogP contribution in [0.2, 0.25) is 0 Å². The number of piperidine rings is 1. The maximum atomic E-state index is 12.1. The molecule has 2 heterocycles. The number of hydrogen-bond acceptors (Lipinski definition) is 3. The molecule has 0 radical (unpaired) electrons. The number of ether oxygens (including phenoxy) is 1. The third-order valence-electron chi connectivity index (χ3n) is 4.78. The molecule has 2 unspecified atom stereocenters. The van der Waals surface area contributed by atoms with Crippen molar-refractivity contribution in [1.29, 1.82) is 0 Å². The van der Waals surface area contributed by atoms with Crippen LogP contribution >= 0.6 is 15.9 Å². The van der Waals surface area contributed by atoms with Gasteiger partial charge >= 0.3 is 6.09 Å². The normalized spacial score (nSPS) is 28.4. The average Bonchev–Trinajstić information content (AvgIpc) is 2.65. The Labute approximate surface area is 134 Å². The number of rotatable bonds is 2. The molecule has 0 spiro atoms. The van der Waals surface area contributed by atoms with Crippen molar-refractivity contribution in [3.8, 4) is 0 Å². The lowest BCUT2D eigenvalue weighted by Gasteiger charge is -2.35. The van der Waals surface area contributed by atoms with E-state index in [0.29, 0.717) is 12.1 Å². The summed E-state index contributed by atoms with van der Waals surface area (Å²) < 4.78 is 6.51. The molecule has 3 rings (SSSR count). The monoisotopic (exact) mass is 352 g/mol. The standard InChI is InChI=1S/C16H21BrN2O2/c1-10-4-3-5-14(17)15(10)18-16(20)21-13-8-11-6-7-12(9-13)19(11)2/h3-5,11-13H,6-9H2,1-2H3,(H,18,20). The summed E-state index contributed by atoms with van der Waals surface area (Å²) in [7, 11) is 2.18. The molecule has 114 valence electrons. The van der Waals surface area contributed by atoms with Crippen molar-refractivity contribution in [2.75, 3.05) is 12.4 Å². The van der Waals surface area contributed by atoms with Gasteiger partial charge in [0.05, 0.1) is 5.69 Å². The van der Waals surface area contributed by atoms with Crippen LogP contribution in [0.1, 0.15) is 31.2 Å². The number of hydrogen-bond donors (Lipinski definition) is 1. The third kappa shape index (κ3) is 3.09. The number of carbonyl (C=O) groups is 1. The van der Waals surface area contributed by atoms with Crippen LogP contribution in [0.15, 0.2) is 22.7 Å². The van der Waals surface area contributed by atoms with Gasteiger partial charge in [-0.3, -0.25) is 5.32 Å². The summed E-state index contributed by atoms with van der Waals surface area (Å²) in [5.41, 5.74) is 1.81. The quantitative estimate of drug-likeness (QED) is 0.876. The van der Waals surface area contributed by atoms with Crippen molar-refractivity contribution in [1.82, 2.24) is 4.90 Å². The Hall–Kier alpha value is -1.07. The molecular formula is C16H21BrN2O2. The van der Waals surface area contributed by atoms with Gasteiger partial charge in [0.15, 0.2) is 0 Å². The number of nitrogens with one attached hydrogen (secondary N) is 1. The number of amides is 1. The van der Waals surface area contributed by atoms with E-state index in [2.05, 4.69) is 33.2 Å². The van der Waals surface area contributed by atoms with Crippen LogP contribution in [0.25, 0.3) is 0 Å². The van der Waals surface area contributed by atoms with E-state index in [0.717, 1.165) is 28.6 Å². The van der Waals surface area contributed by atoms with E-state index in [1.54, 1.807) is 0 Å². The molecule has 0 aromatic heterocycles. The first kappa shape index (κ1) is 14.9. The summed E-state index contributed by atoms with van der Waals surface area (Å²) in [5.74, 6) is 0. The van der Waals surface area contributed by atoms with E-state index in [1.807, 2.05) is 25.1 Å². The molecular weight excluding hydrogens is 332 g/mol. The first-order chi connectivity index (χ1) is 10.0. The number of anilines is 1. The summed E-state index contributed by atoms with van der Waals surface area (Å²) in [4.78, 5) is 14.6. The van der Waals surface area contributed by atoms with Gasteiger partial charge in [-0.15, -0.1) is 0 Å². The van der Waals surface area contributed by atoms with Gasteiger partial charge in [0, 0.05) is 29.4 Å². The van der Waals surface area contributed by atoms with Gasteiger partial charge in [-0.2, -0.15) is 0 Å². The summed E-state index contributed by atoms with van der Waals surface area (Å²) in [6.07, 6.45) is 4.06. The maximum absolute atomic E-state index is 12.1. The molecule has 0 saturated carbocycles. The van der Waals surface area contributed by atoms with Crippen LogP contribution in [0.3, 0.4) is 0 Å². The predicted octanol–water partition coefficient (Wildman–Crippen LogP) is 3.93. The van der Waals surface area contributed by atoms with E-state index in [-0.39, 0.29) is 12.2 Å². The largest absolute Gasteiger partial charge is 0.446 e. The minimum absolute atomic E-state index is 0.0430. The highest BCUT2D eigenvalue weighted by Gasteiger charge is 2.39. The van der Waals surface area contributed by atoms with Crippen LogP contribution in [-0.2, 0) is 4.74 Å². The van der Waals surface area contributed by atoms with Gasteiger partial charge < -0.3 is 9.64 Å². The fourth-order valence-electron chi connectivity index (χ4n) is 3.53. The highest BCUT2D eigenvalue weighted by Crippen LogP contribution is 2.35. The Morgan fingerprint density at radius 1 is 1.33 bits per heavy atom. The number of para-hydroxylation sites is 1. The van der Waals surface area contributed by atoms with Gasteiger partial charge in [-0.1, -0.05) is 12.1 Å². The maximum Gasteiger partial charge on any atom is 0.411 e. The zero-order valence-electron chi connectivity index (χ0n) is 12.4. The second kappa shape index (κ2) is 5.97. The molecule has 2 fully saturated rings. The zero-order chi connectivity index (χ0) is 15.0. The molecule has 2 aliphatic rings. The van der Waals surface area contributed by atoms with E-state index in [1.165, 1.54) is 12.8 Å². The third-order valence-corrected chi connectivity index (χ3v) is 5.44. The van der Waals surface area contributed by atoms with Crippen LogP contribution in [0, 0.1) is 6.92 Å². The predicted molar refractivity (Wildman–Crippen MR) is 86.6 cm³/mol. The van der Waals surface area contributed by atoms with Gasteiger partial charge in [0.25, 0.3) is 0 Å². The number of aryl methyl sites for hydroxylation is 1. The van der Waals surface area contributed by atoms with Crippen molar-refractivity contribution < 1.29 is 9.53 Å². The Kier molecular flexibility index (Phi) is 4.22. The molecule has 4 nitrogen and oxygen atoms in total. The Morgan fingerprint density at radius 3 is 2.62 bits per heavy atom. The minimum atomic E-state index is -0.348. The highest BCUT2D eigenvalue weighted by molar-refractivity contribution is 9.10. The van der Waals surface area contributed by atoms with E-state index in [9.17, 15) is 4.79 Å². The van der Waals surface area contributed by atoms with Crippen molar-refractivity contribution in [3.05, 3.63) is 28.2 Å². The summed E-state index contributed by atoms with van der Waals surface area (Å²) >= 11 is 3.46. The first-order valence-electron chi connectivity index (χ1n) is 7.49. The fourth-order valence-corrected chi connectivity index (χ4v) is 4.10. The first-order valence-corrected chi connectivity index (χ1v) is 8.28. The average molecular weight is 353 g/mol. The van der Waals surface area contributed by atoms with Crippen molar-refractivity contribution >= 4 is 27.7 Å². The second-order valence-electron chi connectivity index (χ2n) is 6.11. The Morgan fingerprint density at radius 2 is 2.00 bits per heavy atom. The number of nitrogens with zero attached hydrogens (tertiary/aromatic N) is 1. The zero-order valence-corrected chi connectivity index (χ0v) is 14.0. The van der Waals surface area contributed by atoms with Gasteiger partial charge in [0.1, 0.15) is 6.10 Å². The van der Waals surface area contributed by atoms with Crippen molar-refractivity contribution in [2.24, 2.45) is 0 Å². The van der Waals surface area contributed by atoms with Crippen LogP contribution in [0.5, 0.6) is 0 Å². The summed E-state index contributed by atoms with van der Waals surface area (Å²) in [6.45, 7) is 1.97. The number of halogens is 1. The molecule has 1 amide bonds. The van der Waals surface area contributed by atoms with Gasteiger partial charge in [0.2, 0.25) is 0 Å². The minimum Gasteiger partial charge on any atom is -0.446 e. The molecule has 5 heteroatoms. The molecule has 2 aliphatic heterocycles. The Bertz CT molecular complexity index is 515. The van der Waals surface area contributed by atoms with E-state index >= 15 is 0 Å². The second-order valence-corrected chi connectivity index (χ2v) is 6.96. The smallest absolute Gasteiger partial charge is 0.411 e. The van der Waals surface area contributed by atoms with Crippen LogP contribution in [-0.4, -0.2) is 36.2 Å². The van der Waals surface area contributed by atoms with E-state index < -0.39 is 0 Å². The number of benzene rings is 1. The molecule has 1 aromatic rings. The summed E-state index contributed by atoms with van der Waals surface area (Å²) in [6, 6.07) is 6.98.